The predicted octanol–water partition coefficient (Wildman–Crippen LogP) is 5.45. The maximum absolute atomic E-state index is 12.8. The van der Waals surface area contributed by atoms with Crippen molar-refractivity contribution in [3.63, 3.8) is 0 Å². The normalized spacial score (nSPS) is 17.6. The zero-order valence-electron chi connectivity index (χ0n) is 17.7. The third kappa shape index (κ3) is 6.05. The van der Waals surface area contributed by atoms with Crippen molar-refractivity contribution in [3.8, 4) is 0 Å². The molecule has 3 rings (SSSR count). The van der Waals surface area contributed by atoms with Crippen LogP contribution in [-0.2, 0) is 19.1 Å². The van der Waals surface area contributed by atoms with Crippen molar-refractivity contribution >= 4 is 46.5 Å². The van der Waals surface area contributed by atoms with Crippen LogP contribution in [0.15, 0.2) is 72.0 Å². The second-order valence-corrected chi connectivity index (χ2v) is 7.85. The molecule has 0 bridgehead atoms. The van der Waals surface area contributed by atoms with E-state index >= 15 is 0 Å². The highest BCUT2D eigenvalue weighted by molar-refractivity contribution is 6.31. The molecule has 32 heavy (non-hydrogen) atoms. The highest BCUT2D eigenvalue weighted by atomic mass is 35.5. The van der Waals surface area contributed by atoms with Crippen molar-refractivity contribution in [2.75, 3.05) is 23.8 Å². The van der Waals surface area contributed by atoms with Crippen LogP contribution in [0.5, 0.6) is 0 Å². The summed E-state index contributed by atoms with van der Waals surface area (Å²) in [6.07, 6.45) is 3.35. The minimum Gasteiger partial charge on any atom is -0.465 e. The van der Waals surface area contributed by atoms with Crippen LogP contribution in [0.2, 0.25) is 10.0 Å². The van der Waals surface area contributed by atoms with Gasteiger partial charge < -0.3 is 20.1 Å². The summed E-state index contributed by atoms with van der Waals surface area (Å²) in [4.78, 5) is 25.6. The van der Waals surface area contributed by atoms with Gasteiger partial charge in [0.25, 0.3) is 0 Å². The van der Waals surface area contributed by atoms with Gasteiger partial charge >= 0.3 is 11.9 Å². The first-order chi connectivity index (χ1) is 15.4. The zero-order valence-corrected chi connectivity index (χ0v) is 19.2. The van der Waals surface area contributed by atoms with Crippen LogP contribution < -0.4 is 10.6 Å². The van der Waals surface area contributed by atoms with Gasteiger partial charge in [0.2, 0.25) is 0 Å². The molecule has 0 radical (unpaired) electrons. The highest BCUT2D eigenvalue weighted by Crippen LogP contribution is 2.30. The lowest BCUT2D eigenvalue weighted by molar-refractivity contribution is -0.146. The number of carbonyl (C=O) groups is 2. The third-order valence-corrected chi connectivity index (χ3v) is 5.16. The number of anilines is 2. The Bertz CT molecular complexity index is 1050. The average Bonchev–Trinajstić information content (AvgIpc) is 2.75. The smallest absolute Gasteiger partial charge is 0.339 e. The molecule has 2 aromatic rings. The molecule has 0 aliphatic heterocycles. The maximum Gasteiger partial charge on any atom is 0.339 e. The van der Waals surface area contributed by atoms with Crippen LogP contribution in [-0.4, -0.2) is 31.2 Å². The van der Waals surface area contributed by atoms with Gasteiger partial charge in [-0.25, -0.2) is 4.79 Å². The summed E-state index contributed by atoms with van der Waals surface area (Å²) in [5.41, 5.74) is 2.11. The van der Waals surface area contributed by atoms with Crippen LogP contribution >= 0.6 is 23.2 Å². The molecule has 6 nitrogen and oxygen atoms in total. The lowest BCUT2D eigenvalue weighted by atomic mass is 9.89. The Morgan fingerprint density at radius 3 is 2.16 bits per heavy atom. The first kappa shape index (κ1) is 23.7. The first-order valence-corrected chi connectivity index (χ1v) is 11.0. The van der Waals surface area contributed by atoms with Gasteiger partial charge in [0.05, 0.1) is 24.8 Å². The summed E-state index contributed by atoms with van der Waals surface area (Å²) in [7, 11) is 0. The molecule has 2 unspecified atom stereocenters. The molecule has 2 N–H and O–H groups in total. The van der Waals surface area contributed by atoms with Crippen molar-refractivity contribution in [1.82, 2.24) is 0 Å². The molecule has 1 aliphatic rings. The monoisotopic (exact) mass is 474 g/mol. The van der Waals surface area contributed by atoms with E-state index in [1.54, 1.807) is 62.4 Å². The minimum atomic E-state index is -0.700. The maximum atomic E-state index is 12.8. The fraction of sp³-hybridized carbons (Fsp3) is 0.250. The molecule has 0 heterocycles. The highest BCUT2D eigenvalue weighted by Gasteiger charge is 2.34. The van der Waals surface area contributed by atoms with Crippen molar-refractivity contribution in [1.29, 1.82) is 0 Å². The Morgan fingerprint density at radius 2 is 1.53 bits per heavy atom. The van der Waals surface area contributed by atoms with E-state index < -0.39 is 23.9 Å². The number of halogens is 2. The van der Waals surface area contributed by atoms with E-state index in [1.165, 1.54) is 0 Å². The molecule has 0 fully saturated rings. The molecule has 2 aromatic carbocycles. The molecule has 8 heteroatoms. The summed E-state index contributed by atoms with van der Waals surface area (Å²) in [6.45, 7) is 3.93. The van der Waals surface area contributed by atoms with Gasteiger partial charge in [-0.15, -0.1) is 0 Å². The number of ether oxygens (including phenoxy) is 2. The molecule has 0 spiro atoms. The Kier molecular flexibility index (Phi) is 8.20. The molecule has 0 aromatic heterocycles. The van der Waals surface area contributed by atoms with Crippen molar-refractivity contribution in [2.24, 2.45) is 5.92 Å². The predicted molar refractivity (Wildman–Crippen MR) is 127 cm³/mol. The summed E-state index contributed by atoms with van der Waals surface area (Å²) in [5, 5.41) is 7.54. The quantitative estimate of drug-likeness (QED) is 0.495. The van der Waals surface area contributed by atoms with Crippen molar-refractivity contribution in [2.45, 2.75) is 19.9 Å². The second-order valence-electron chi connectivity index (χ2n) is 6.97. The van der Waals surface area contributed by atoms with Crippen LogP contribution in [0.25, 0.3) is 0 Å². The number of benzene rings is 2. The molecule has 0 amide bonds. The van der Waals surface area contributed by atoms with E-state index in [0.717, 1.165) is 0 Å². The van der Waals surface area contributed by atoms with Gasteiger partial charge in [0, 0.05) is 27.1 Å². The Hall–Kier alpha value is -2.96. The Labute approximate surface area is 197 Å². The molecular weight excluding hydrogens is 451 g/mol. The molecular formula is C24H24Cl2N2O4. The third-order valence-electron chi connectivity index (χ3n) is 4.69. The van der Waals surface area contributed by atoms with Gasteiger partial charge in [-0.3, -0.25) is 4.79 Å². The first-order valence-electron chi connectivity index (χ1n) is 10.2. The number of hydrogen-bond donors (Lipinski definition) is 2. The van der Waals surface area contributed by atoms with Crippen LogP contribution in [0.3, 0.4) is 0 Å². The molecule has 2 atom stereocenters. The van der Waals surface area contributed by atoms with Crippen molar-refractivity contribution < 1.29 is 19.1 Å². The van der Waals surface area contributed by atoms with Crippen molar-refractivity contribution in [3.05, 3.63) is 82.0 Å². The summed E-state index contributed by atoms with van der Waals surface area (Å²) in [5.74, 6) is -1.63. The number of nitrogens with one attached hydrogen (secondary N) is 2. The van der Waals surface area contributed by atoms with E-state index in [0.29, 0.717) is 32.7 Å². The Balaban J connectivity index is 2.00. The molecule has 1 aliphatic carbocycles. The SMILES string of the molecule is CCOC(=O)C1=CC(Nc2cccc(Cl)c2)C(C(=O)OCC)C=C1Nc1cccc(Cl)c1. The molecule has 0 saturated heterocycles. The summed E-state index contributed by atoms with van der Waals surface area (Å²) >= 11 is 12.2. The second kappa shape index (κ2) is 11.1. The standard InChI is InChI=1S/C24H24Cl2N2O4/c1-3-31-23(29)19-13-22(28-18-10-6-8-16(26)12-18)20(24(30)32-4-2)14-21(19)27-17-9-5-7-15(25)11-17/h5-14,19,21,27-28H,3-4H2,1-2H3. The van der Waals surface area contributed by atoms with Gasteiger partial charge in [-0.1, -0.05) is 35.3 Å². The minimum absolute atomic E-state index is 0.217. The lowest BCUT2D eigenvalue weighted by Gasteiger charge is -2.29. The van der Waals surface area contributed by atoms with E-state index in [2.05, 4.69) is 10.6 Å². The number of esters is 2. The van der Waals surface area contributed by atoms with Gasteiger partial charge in [0.15, 0.2) is 0 Å². The fourth-order valence-corrected chi connectivity index (χ4v) is 3.70. The largest absolute Gasteiger partial charge is 0.465 e. The van der Waals surface area contributed by atoms with Gasteiger partial charge in [0.1, 0.15) is 5.92 Å². The number of hydrogen-bond acceptors (Lipinski definition) is 6. The average molecular weight is 475 g/mol. The van der Waals surface area contributed by atoms with E-state index in [9.17, 15) is 9.59 Å². The van der Waals surface area contributed by atoms with E-state index in [1.807, 2.05) is 12.1 Å². The lowest BCUT2D eigenvalue weighted by Crippen LogP contribution is -2.37. The summed E-state index contributed by atoms with van der Waals surface area (Å²) in [6, 6.07) is 13.6. The topological polar surface area (TPSA) is 76.7 Å². The molecule has 0 saturated carbocycles. The van der Waals surface area contributed by atoms with Gasteiger partial charge in [-0.05, 0) is 62.4 Å². The van der Waals surface area contributed by atoms with E-state index in [-0.39, 0.29) is 13.2 Å². The number of carbonyl (C=O) groups excluding carboxylic acids is 2. The van der Waals surface area contributed by atoms with E-state index in [4.69, 9.17) is 32.7 Å². The van der Waals surface area contributed by atoms with Crippen LogP contribution in [0.1, 0.15) is 13.8 Å². The summed E-state index contributed by atoms with van der Waals surface area (Å²) < 4.78 is 10.5. The zero-order chi connectivity index (χ0) is 23.1. The van der Waals surface area contributed by atoms with Crippen LogP contribution in [0, 0.1) is 5.92 Å². The fourth-order valence-electron chi connectivity index (χ4n) is 3.32. The Morgan fingerprint density at radius 1 is 0.906 bits per heavy atom. The van der Waals surface area contributed by atoms with Gasteiger partial charge in [-0.2, -0.15) is 0 Å². The number of rotatable bonds is 8. The molecule has 168 valence electrons. The van der Waals surface area contributed by atoms with Crippen LogP contribution in [0.4, 0.5) is 11.4 Å².